The third-order valence-electron chi connectivity index (χ3n) is 3.50. The molecule has 0 aliphatic carbocycles. The number of rotatable bonds is 6. The maximum Gasteiger partial charge on any atom is 0.337 e. The summed E-state index contributed by atoms with van der Waals surface area (Å²) in [7, 11) is 2.28. The molecule has 0 saturated carbocycles. The van der Waals surface area contributed by atoms with E-state index in [0.29, 0.717) is 27.8 Å². The summed E-state index contributed by atoms with van der Waals surface area (Å²) in [4.78, 5) is 21.7. The molecule has 0 radical (unpaired) electrons. The summed E-state index contributed by atoms with van der Waals surface area (Å²) in [5, 5.41) is 51.0. The van der Waals surface area contributed by atoms with E-state index in [0.717, 1.165) is 7.11 Å². The van der Waals surface area contributed by atoms with E-state index in [-0.39, 0.29) is 32.0 Å². The highest BCUT2D eigenvalue weighted by Crippen LogP contribution is 2.12. The standard InChI is InChI=1S/C10H12O4.C9H10O4.CH4O/c1-14-10(13)9-3-7(5-11)2-8(4-9)6-12;10-4-6-1-7(5-11)3-8(2-6)9(12)13;1-2/h2-4,11-12H,5-6H2,1H3;1-3,10-11H,4-5H2,(H,12,13);2H,1H3. The molecular weight excluding hydrogens is 384 g/mol. The molecule has 0 aliphatic rings. The number of carboxylic acid groups (broad SMARTS) is 1. The molecule has 0 aliphatic heterocycles. The van der Waals surface area contributed by atoms with Crippen LogP contribution in [0.15, 0.2) is 36.4 Å². The monoisotopic (exact) mass is 410 g/mol. The molecule has 0 unspecified atom stereocenters. The first-order valence-corrected chi connectivity index (χ1v) is 8.33. The minimum absolute atomic E-state index is 0.0793. The maximum absolute atomic E-state index is 11.2. The first kappa shape index (κ1) is 26.2. The van der Waals surface area contributed by atoms with Gasteiger partial charge in [0.25, 0.3) is 0 Å². The van der Waals surface area contributed by atoms with Gasteiger partial charge < -0.3 is 35.4 Å². The molecular formula is C20H26O9. The van der Waals surface area contributed by atoms with Gasteiger partial charge in [-0.3, -0.25) is 0 Å². The highest BCUT2D eigenvalue weighted by Gasteiger charge is 2.08. The van der Waals surface area contributed by atoms with Crippen LogP contribution < -0.4 is 0 Å². The molecule has 29 heavy (non-hydrogen) atoms. The zero-order chi connectivity index (χ0) is 22.4. The number of benzene rings is 2. The van der Waals surface area contributed by atoms with Crippen molar-refractivity contribution in [3.63, 3.8) is 0 Å². The number of carboxylic acids is 1. The predicted molar refractivity (Wildman–Crippen MR) is 103 cm³/mol. The fraction of sp³-hybridized carbons (Fsp3) is 0.300. The fourth-order valence-corrected chi connectivity index (χ4v) is 2.25. The van der Waals surface area contributed by atoms with Crippen molar-refractivity contribution in [2.45, 2.75) is 26.4 Å². The number of carbonyl (C=O) groups is 2. The number of esters is 1. The zero-order valence-corrected chi connectivity index (χ0v) is 16.2. The van der Waals surface area contributed by atoms with Crippen LogP contribution >= 0.6 is 0 Å². The Balaban J connectivity index is 0.000000499. The molecule has 0 heterocycles. The van der Waals surface area contributed by atoms with Gasteiger partial charge in [0.05, 0.1) is 44.7 Å². The second kappa shape index (κ2) is 14.2. The van der Waals surface area contributed by atoms with Crippen LogP contribution in [0.5, 0.6) is 0 Å². The Morgan fingerprint density at radius 2 is 1.00 bits per heavy atom. The second-order valence-corrected chi connectivity index (χ2v) is 5.51. The SMILES string of the molecule is CO.COC(=O)c1cc(CO)cc(CO)c1.O=C(O)c1cc(CO)cc(CO)c1. The molecule has 0 atom stereocenters. The third kappa shape index (κ3) is 8.81. The van der Waals surface area contributed by atoms with Gasteiger partial charge in [-0.2, -0.15) is 0 Å². The van der Waals surface area contributed by atoms with Gasteiger partial charge in [-0.15, -0.1) is 0 Å². The van der Waals surface area contributed by atoms with E-state index < -0.39 is 11.9 Å². The molecule has 160 valence electrons. The summed E-state index contributed by atoms with van der Waals surface area (Å²) in [6.45, 7) is -0.794. The molecule has 9 nitrogen and oxygen atoms in total. The van der Waals surface area contributed by atoms with Crippen molar-refractivity contribution in [2.24, 2.45) is 0 Å². The molecule has 6 N–H and O–H groups in total. The molecule has 9 heteroatoms. The van der Waals surface area contributed by atoms with Gasteiger partial charge in [-0.05, 0) is 46.5 Å². The van der Waals surface area contributed by atoms with E-state index in [2.05, 4.69) is 4.74 Å². The molecule has 0 spiro atoms. The highest BCUT2D eigenvalue weighted by molar-refractivity contribution is 5.89. The minimum atomic E-state index is -1.06. The number of hydrogen-bond donors (Lipinski definition) is 6. The summed E-state index contributed by atoms with van der Waals surface area (Å²) in [5.74, 6) is -1.54. The lowest BCUT2D eigenvalue weighted by molar-refractivity contribution is 0.0599. The van der Waals surface area contributed by atoms with Crippen molar-refractivity contribution >= 4 is 11.9 Å². The Labute approximate surface area is 168 Å². The Morgan fingerprint density at radius 3 is 1.24 bits per heavy atom. The van der Waals surface area contributed by atoms with Gasteiger partial charge in [-0.25, -0.2) is 9.59 Å². The minimum Gasteiger partial charge on any atom is -0.478 e. The molecule has 0 aromatic heterocycles. The fourth-order valence-electron chi connectivity index (χ4n) is 2.25. The van der Waals surface area contributed by atoms with Crippen LogP contribution in [0, 0.1) is 0 Å². The summed E-state index contributed by atoms with van der Waals surface area (Å²) >= 11 is 0. The number of aliphatic hydroxyl groups is 5. The lowest BCUT2D eigenvalue weighted by Crippen LogP contribution is -2.03. The van der Waals surface area contributed by atoms with Gasteiger partial charge in [-0.1, -0.05) is 12.1 Å². The topological polar surface area (TPSA) is 165 Å². The lowest BCUT2D eigenvalue weighted by atomic mass is 10.1. The van der Waals surface area contributed by atoms with Gasteiger partial charge >= 0.3 is 11.9 Å². The summed E-state index contributed by atoms with van der Waals surface area (Å²) in [5.41, 5.74) is 2.56. The van der Waals surface area contributed by atoms with Crippen molar-refractivity contribution in [3.05, 3.63) is 69.8 Å². The third-order valence-corrected chi connectivity index (χ3v) is 3.50. The lowest BCUT2D eigenvalue weighted by Gasteiger charge is -2.05. The molecule has 0 fully saturated rings. The largest absolute Gasteiger partial charge is 0.478 e. The van der Waals surface area contributed by atoms with Gasteiger partial charge in [0.2, 0.25) is 0 Å². The molecule has 2 aromatic rings. The summed E-state index contributed by atoms with van der Waals surface area (Å²) < 4.78 is 4.53. The van der Waals surface area contributed by atoms with E-state index in [1.165, 1.54) is 31.4 Å². The highest BCUT2D eigenvalue weighted by atomic mass is 16.5. The van der Waals surface area contributed by atoms with Crippen LogP contribution in [-0.2, 0) is 31.2 Å². The van der Waals surface area contributed by atoms with Gasteiger partial charge in [0, 0.05) is 7.11 Å². The van der Waals surface area contributed by atoms with Crippen LogP contribution in [0.4, 0.5) is 0 Å². The molecule has 2 aromatic carbocycles. The maximum atomic E-state index is 11.2. The molecule has 0 saturated heterocycles. The van der Waals surface area contributed by atoms with Crippen molar-refractivity contribution in [1.82, 2.24) is 0 Å². The molecule has 0 amide bonds. The van der Waals surface area contributed by atoms with Crippen molar-refractivity contribution in [3.8, 4) is 0 Å². The molecule has 2 rings (SSSR count). The quantitative estimate of drug-likeness (QED) is 0.371. The first-order valence-electron chi connectivity index (χ1n) is 8.33. The average molecular weight is 410 g/mol. The van der Waals surface area contributed by atoms with Crippen LogP contribution in [0.3, 0.4) is 0 Å². The Bertz CT molecular complexity index is 743. The average Bonchev–Trinajstić information content (AvgIpc) is 2.79. The number of hydrogen-bond acceptors (Lipinski definition) is 8. The Hall–Kier alpha value is -2.82. The van der Waals surface area contributed by atoms with Crippen LogP contribution in [0.2, 0.25) is 0 Å². The summed E-state index contributed by atoms with van der Waals surface area (Å²) in [6.07, 6.45) is 0. The van der Waals surface area contributed by atoms with Gasteiger partial charge in [0.15, 0.2) is 0 Å². The number of methoxy groups -OCH3 is 1. The summed E-state index contributed by atoms with van der Waals surface area (Å²) in [6, 6.07) is 9.01. The number of aromatic carboxylic acids is 1. The second-order valence-electron chi connectivity index (χ2n) is 5.51. The number of ether oxygens (including phenoxy) is 1. The van der Waals surface area contributed by atoms with E-state index in [1.54, 1.807) is 12.1 Å². The van der Waals surface area contributed by atoms with E-state index in [9.17, 15) is 9.59 Å². The number of carbonyl (C=O) groups excluding carboxylic acids is 1. The van der Waals surface area contributed by atoms with E-state index in [1.807, 2.05) is 0 Å². The smallest absolute Gasteiger partial charge is 0.337 e. The Kier molecular flexibility index (Phi) is 12.8. The van der Waals surface area contributed by atoms with E-state index in [4.69, 9.17) is 30.6 Å². The number of aliphatic hydroxyl groups excluding tert-OH is 5. The van der Waals surface area contributed by atoms with Crippen molar-refractivity contribution in [2.75, 3.05) is 14.2 Å². The molecule has 0 bridgehead atoms. The Morgan fingerprint density at radius 1 is 0.690 bits per heavy atom. The van der Waals surface area contributed by atoms with Crippen LogP contribution in [0.25, 0.3) is 0 Å². The van der Waals surface area contributed by atoms with Crippen LogP contribution in [0.1, 0.15) is 43.0 Å². The van der Waals surface area contributed by atoms with Crippen molar-refractivity contribution in [1.29, 1.82) is 0 Å². The van der Waals surface area contributed by atoms with E-state index >= 15 is 0 Å². The zero-order valence-electron chi connectivity index (χ0n) is 16.2. The van der Waals surface area contributed by atoms with Crippen molar-refractivity contribution < 1.29 is 45.0 Å². The normalized spacial score (nSPS) is 9.48. The van der Waals surface area contributed by atoms with Crippen LogP contribution in [-0.4, -0.2) is 56.8 Å². The first-order chi connectivity index (χ1) is 13.9. The predicted octanol–water partition coefficient (Wildman–Crippen LogP) is 0.436. The van der Waals surface area contributed by atoms with Gasteiger partial charge in [0.1, 0.15) is 0 Å².